The Kier molecular flexibility index (Phi) is 3.94. The predicted molar refractivity (Wildman–Crippen MR) is 77.4 cm³/mol. The highest BCUT2D eigenvalue weighted by Crippen LogP contribution is 2.23. The van der Waals surface area contributed by atoms with Gasteiger partial charge in [-0.1, -0.05) is 12.1 Å². The minimum Gasteiger partial charge on any atom is -0.497 e. The van der Waals surface area contributed by atoms with Gasteiger partial charge in [-0.25, -0.2) is 4.68 Å². The Morgan fingerprint density at radius 2 is 2.00 bits per heavy atom. The van der Waals surface area contributed by atoms with E-state index in [-0.39, 0.29) is 0 Å². The second kappa shape index (κ2) is 5.65. The molecule has 0 saturated carbocycles. The van der Waals surface area contributed by atoms with Crippen molar-refractivity contribution in [3.05, 3.63) is 35.5 Å². The van der Waals surface area contributed by atoms with E-state index < -0.39 is 0 Å². The summed E-state index contributed by atoms with van der Waals surface area (Å²) in [4.78, 5) is 0. The van der Waals surface area contributed by atoms with Crippen LogP contribution in [0.4, 0.5) is 11.5 Å². The highest BCUT2D eigenvalue weighted by molar-refractivity contribution is 5.64. The molecule has 0 saturated heterocycles. The highest BCUT2D eigenvalue weighted by atomic mass is 16.5. The van der Waals surface area contributed by atoms with Crippen LogP contribution in [0.2, 0.25) is 0 Å². The van der Waals surface area contributed by atoms with E-state index in [0.29, 0.717) is 6.54 Å². The van der Waals surface area contributed by atoms with Gasteiger partial charge >= 0.3 is 0 Å². The third-order valence-corrected chi connectivity index (χ3v) is 3.09. The summed E-state index contributed by atoms with van der Waals surface area (Å²) >= 11 is 0. The van der Waals surface area contributed by atoms with Crippen molar-refractivity contribution in [1.82, 2.24) is 9.78 Å². The van der Waals surface area contributed by atoms with Gasteiger partial charge in [0.1, 0.15) is 11.6 Å². The molecule has 0 spiro atoms. The van der Waals surface area contributed by atoms with Gasteiger partial charge < -0.3 is 15.8 Å². The van der Waals surface area contributed by atoms with Crippen LogP contribution in [-0.2, 0) is 13.1 Å². The Hall–Kier alpha value is -2.17. The van der Waals surface area contributed by atoms with Crippen LogP contribution in [0.3, 0.4) is 0 Å². The van der Waals surface area contributed by atoms with Crippen molar-refractivity contribution in [3.8, 4) is 5.75 Å². The molecule has 0 aliphatic carbocycles. The first-order valence-corrected chi connectivity index (χ1v) is 6.35. The number of rotatable bonds is 5. The lowest BCUT2D eigenvalue weighted by Gasteiger charge is -2.09. The van der Waals surface area contributed by atoms with Crippen LogP contribution < -0.4 is 15.8 Å². The summed E-state index contributed by atoms with van der Waals surface area (Å²) in [6.07, 6.45) is 0. The van der Waals surface area contributed by atoms with Crippen LogP contribution >= 0.6 is 0 Å². The van der Waals surface area contributed by atoms with Crippen LogP contribution in [0.15, 0.2) is 24.3 Å². The topological polar surface area (TPSA) is 65.1 Å². The molecule has 5 nitrogen and oxygen atoms in total. The van der Waals surface area contributed by atoms with Crippen molar-refractivity contribution < 1.29 is 4.74 Å². The Labute approximate surface area is 113 Å². The molecule has 102 valence electrons. The van der Waals surface area contributed by atoms with Crippen molar-refractivity contribution in [2.24, 2.45) is 0 Å². The summed E-state index contributed by atoms with van der Waals surface area (Å²) in [5, 5.41) is 7.72. The molecule has 0 amide bonds. The first kappa shape index (κ1) is 13.3. The number of nitrogen functional groups attached to an aromatic ring is 1. The summed E-state index contributed by atoms with van der Waals surface area (Å²) in [5.74, 6) is 1.74. The van der Waals surface area contributed by atoms with E-state index in [9.17, 15) is 0 Å². The average Bonchev–Trinajstić information content (AvgIpc) is 2.72. The van der Waals surface area contributed by atoms with E-state index in [1.165, 1.54) is 5.56 Å². The number of anilines is 2. The molecule has 1 heterocycles. The molecule has 2 rings (SSSR count). The molecule has 3 N–H and O–H groups in total. The normalized spacial score (nSPS) is 10.5. The van der Waals surface area contributed by atoms with Crippen LogP contribution in [0, 0.1) is 6.92 Å². The first-order chi connectivity index (χ1) is 9.15. The fourth-order valence-corrected chi connectivity index (χ4v) is 1.94. The first-order valence-electron chi connectivity index (χ1n) is 6.35. The van der Waals surface area contributed by atoms with Gasteiger partial charge in [-0.15, -0.1) is 0 Å². The summed E-state index contributed by atoms with van der Waals surface area (Å²) < 4.78 is 7.02. The molecule has 19 heavy (non-hydrogen) atoms. The number of nitrogens with one attached hydrogen (secondary N) is 1. The molecule has 0 unspecified atom stereocenters. The monoisotopic (exact) mass is 260 g/mol. The van der Waals surface area contributed by atoms with Crippen LogP contribution in [-0.4, -0.2) is 16.9 Å². The summed E-state index contributed by atoms with van der Waals surface area (Å²) in [5.41, 5.74) is 8.77. The van der Waals surface area contributed by atoms with E-state index in [1.54, 1.807) is 7.11 Å². The second-order valence-electron chi connectivity index (χ2n) is 4.37. The maximum Gasteiger partial charge on any atom is 0.148 e. The highest BCUT2D eigenvalue weighted by Gasteiger charge is 2.10. The Bertz CT molecular complexity index is 545. The number of benzene rings is 1. The molecule has 0 fully saturated rings. The van der Waals surface area contributed by atoms with Gasteiger partial charge in [-0.05, 0) is 31.5 Å². The van der Waals surface area contributed by atoms with Crippen LogP contribution in [0.1, 0.15) is 18.2 Å². The molecule has 0 aliphatic rings. The number of nitrogens with two attached hydrogens (primary N) is 1. The number of hydrogen-bond acceptors (Lipinski definition) is 4. The zero-order chi connectivity index (χ0) is 13.8. The largest absolute Gasteiger partial charge is 0.497 e. The summed E-state index contributed by atoms with van der Waals surface area (Å²) in [6.45, 7) is 5.47. The van der Waals surface area contributed by atoms with E-state index in [4.69, 9.17) is 10.5 Å². The molecular weight excluding hydrogens is 240 g/mol. The molecule has 0 atom stereocenters. The molecule has 2 aromatic rings. The number of nitrogens with zero attached hydrogens (tertiary/aromatic N) is 2. The lowest BCUT2D eigenvalue weighted by molar-refractivity contribution is 0.414. The maximum absolute atomic E-state index is 6.02. The molecule has 1 aromatic carbocycles. The fraction of sp³-hybridized carbons (Fsp3) is 0.357. The third kappa shape index (κ3) is 2.81. The number of methoxy groups -OCH3 is 1. The van der Waals surface area contributed by atoms with Crippen molar-refractivity contribution in [2.45, 2.75) is 26.9 Å². The van der Waals surface area contributed by atoms with Crippen LogP contribution in [0.5, 0.6) is 5.75 Å². The van der Waals surface area contributed by atoms with E-state index in [0.717, 1.165) is 29.5 Å². The third-order valence-electron chi connectivity index (χ3n) is 3.09. The molecular formula is C14H20N4O. The summed E-state index contributed by atoms with van der Waals surface area (Å²) in [6, 6.07) is 7.95. The van der Waals surface area contributed by atoms with E-state index in [2.05, 4.69) is 10.4 Å². The van der Waals surface area contributed by atoms with Crippen molar-refractivity contribution in [2.75, 3.05) is 18.2 Å². The zero-order valence-corrected chi connectivity index (χ0v) is 11.6. The second-order valence-corrected chi connectivity index (χ2v) is 4.37. The Morgan fingerprint density at radius 1 is 1.32 bits per heavy atom. The smallest absolute Gasteiger partial charge is 0.148 e. The molecule has 0 radical (unpaired) electrons. The van der Waals surface area contributed by atoms with E-state index in [1.807, 2.05) is 42.8 Å². The Morgan fingerprint density at radius 3 is 2.58 bits per heavy atom. The van der Waals surface area contributed by atoms with Gasteiger partial charge in [0.25, 0.3) is 0 Å². The van der Waals surface area contributed by atoms with Gasteiger partial charge in [-0.3, -0.25) is 0 Å². The SMILES string of the molecule is CCn1nc(C)c(N)c1NCc1ccc(OC)cc1. The molecule has 1 aromatic heterocycles. The zero-order valence-electron chi connectivity index (χ0n) is 11.6. The van der Waals surface area contributed by atoms with Gasteiger partial charge in [0.05, 0.1) is 18.5 Å². The van der Waals surface area contributed by atoms with Gasteiger partial charge in [0.2, 0.25) is 0 Å². The summed E-state index contributed by atoms with van der Waals surface area (Å²) in [7, 11) is 1.66. The predicted octanol–water partition coefficient (Wildman–Crippen LogP) is 2.41. The number of ether oxygens (including phenoxy) is 1. The van der Waals surface area contributed by atoms with Crippen LogP contribution in [0.25, 0.3) is 0 Å². The average molecular weight is 260 g/mol. The maximum atomic E-state index is 6.02. The lowest BCUT2D eigenvalue weighted by atomic mass is 10.2. The van der Waals surface area contributed by atoms with Gasteiger partial charge in [-0.2, -0.15) is 5.10 Å². The molecule has 0 bridgehead atoms. The van der Waals surface area contributed by atoms with Gasteiger partial charge in [0, 0.05) is 13.1 Å². The standard InChI is InChI=1S/C14H20N4O/c1-4-18-14(13(15)10(2)17-18)16-9-11-5-7-12(19-3)8-6-11/h5-8,16H,4,9,15H2,1-3H3. The quantitative estimate of drug-likeness (QED) is 0.866. The van der Waals surface area contributed by atoms with Gasteiger partial charge in [0.15, 0.2) is 0 Å². The van der Waals surface area contributed by atoms with Crippen molar-refractivity contribution in [3.63, 3.8) is 0 Å². The number of aryl methyl sites for hydroxylation is 2. The minimum atomic E-state index is 0.708. The van der Waals surface area contributed by atoms with E-state index >= 15 is 0 Å². The molecule has 0 aliphatic heterocycles. The lowest BCUT2D eigenvalue weighted by Crippen LogP contribution is -2.08. The number of hydrogen-bond donors (Lipinski definition) is 2. The Balaban J connectivity index is 2.09. The van der Waals surface area contributed by atoms with Crippen molar-refractivity contribution >= 4 is 11.5 Å². The fourth-order valence-electron chi connectivity index (χ4n) is 1.94. The number of aromatic nitrogens is 2. The minimum absolute atomic E-state index is 0.708. The van der Waals surface area contributed by atoms with Crippen molar-refractivity contribution in [1.29, 1.82) is 0 Å². The molecule has 5 heteroatoms.